The van der Waals surface area contributed by atoms with Crippen molar-refractivity contribution in [2.24, 2.45) is 0 Å². The van der Waals surface area contributed by atoms with Crippen LogP contribution in [0.4, 0.5) is 9.18 Å². The number of aromatic nitrogens is 4. The van der Waals surface area contributed by atoms with Crippen LogP contribution in [-0.4, -0.2) is 66.1 Å². The molecule has 6 rings (SSSR count). The number of hydrogen-bond acceptors (Lipinski definition) is 6. The standard InChI is InChI=1S/C29H33FN6O4/c1-29(2,3)40-28(39)33-9-6-18(7-10-33)19-13-32-36(14-19)20-11-21-22(23(30)12-20)15-35(27(21)38)25(16-37)26-24-5-4-8-34(24)17-31-26/h11-14,16-18,25H,4-10,15H2,1-3H3. The lowest BCUT2D eigenvalue weighted by Gasteiger charge is -2.33. The minimum atomic E-state index is -0.861. The minimum Gasteiger partial charge on any atom is -0.444 e. The fourth-order valence-corrected chi connectivity index (χ4v) is 5.98. The molecule has 3 aliphatic rings. The van der Waals surface area contributed by atoms with Gasteiger partial charge in [0.15, 0.2) is 0 Å². The van der Waals surface area contributed by atoms with E-state index in [0.717, 1.165) is 49.8 Å². The highest BCUT2D eigenvalue weighted by molar-refractivity contribution is 6.00. The molecule has 0 N–H and O–H groups in total. The quantitative estimate of drug-likeness (QED) is 0.444. The molecule has 3 aliphatic heterocycles. The van der Waals surface area contributed by atoms with Crippen LogP contribution in [0.5, 0.6) is 0 Å². The highest BCUT2D eigenvalue weighted by Crippen LogP contribution is 2.35. The number of ether oxygens (including phenoxy) is 1. The van der Waals surface area contributed by atoms with Crippen molar-refractivity contribution in [2.75, 3.05) is 13.1 Å². The lowest BCUT2D eigenvalue weighted by Crippen LogP contribution is -2.41. The maximum atomic E-state index is 15.3. The maximum Gasteiger partial charge on any atom is 0.410 e. The average molecular weight is 549 g/mol. The van der Waals surface area contributed by atoms with Gasteiger partial charge in [0.05, 0.1) is 30.5 Å². The van der Waals surface area contributed by atoms with Crippen LogP contribution in [0.15, 0.2) is 30.9 Å². The molecule has 210 valence electrons. The summed E-state index contributed by atoms with van der Waals surface area (Å²) in [7, 11) is 0. The van der Waals surface area contributed by atoms with Gasteiger partial charge in [0, 0.05) is 42.7 Å². The van der Waals surface area contributed by atoms with Crippen LogP contribution >= 0.6 is 0 Å². The summed E-state index contributed by atoms with van der Waals surface area (Å²) in [5.41, 5.74) is 2.94. The molecule has 1 fully saturated rings. The Labute approximate surface area is 231 Å². The van der Waals surface area contributed by atoms with Crippen LogP contribution in [-0.2, 0) is 29.0 Å². The third-order valence-electron chi connectivity index (χ3n) is 8.02. The van der Waals surface area contributed by atoms with Crippen molar-refractivity contribution in [3.05, 3.63) is 64.7 Å². The van der Waals surface area contributed by atoms with Gasteiger partial charge >= 0.3 is 6.09 Å². The van der Waals surface area contributed by atoms with E-state index in [1.807, 2.05) is 31.5 Å². The van der Waals surface area contributed by atoms with Crippen LogP contribution in [0.2, 0.25) is 0 Å². The number of halogens is 1. The molecule has 11 heteroatoms. The summed E-state index contributed by atoms with van der Waals surface area (Å²) in [6.45, 7) is 7.58. The number of nitrogens with zero attached hydrogens (tertiary/aromatic N) is 6. The Balaban J connectivity index is 1.18. The number of imidazole rings is 1. The summed E-state index contributed by atoms with van der Waals surface area (Å²) in [5, 5.41) is 4.46. The fraction of sp³-hybridized carbons (Fsp3) is 0.483. The van der Waals surface area contributed by atoms with Crippen molar-refractivity contribution in [2.45, 2.75) is 77.1 Å². The van der Waals surface area contributed by atoms with Gasteiger partial charge in [-0.3, -0.25) is 4.79 Å². The molecule has 2 amide bonds. The largest absolute Gasteiger partial charge is 0.444 e. The third-order valence-corrected chi connectivity index (χ3v) is 8.02. The first kappa shape index (κ1) is 26.2. The Bertz CT molecular complexity index is 1480. The molecule has 0 radical (unpaired) electrons. The SMILES string of the molecule is CC(C)(C)OC(=O)N1CCC(c2cnn(-c3cc(F)c4c(c3)C(=O)N(C(C=O)c3ncn5c3CCC5)C4)c2)CC1. The molecule has 1 aromatic carbocycles. The number of aldehydes is 1. The summed E-state index contributed by atoms with van der Waals surface area (Å²) in [5.74, 6) is -0.700. The Morgan fingerprint density at radius 3 is 2.70 bits per heavy atom. The van der Waals surface area contributed by atoms with Crippen molar-refractivity contribution in [3.63, 3.8) is 0 Å². The molecule has 1 unspecified atom stereocenters. The fourth-order valence-electron chi connectivity index (χ4n) is 5.98. The predicted molar refractivity (Wildman–Crippen MR) is 143 cm³/mol. The molecule has 1 saturated heterocycles. The summed E-state index contributed by atoms with van der Waals surface area (Å²) in [4.78, 5) is 45.5. The topological polar surface area (TPSA) is 103 Å². The number of piperidine rings is 1. The van der Waals surface area contributed by atoms with Gasteiger partial charge < -0.3 is 23.9 Å². The molecular formula is C29H33FN6O4. The second-order valence-corrected chi connectivity index (χ2v) is 11.8. The number of benzene rings is 1. The zero-order valence-corrected chi connectivity index (χ0v) is 23.0. The lowest BCUT2D eigenvalue weighted by molar-refractivity contribution is -0.112. The molecule has 0 spiro atoms. The van der Waals surface area contributed by atoms with Crippen molar-refractivity contribution in [1.29, 1.82) is 0 Å². The summed E-state index contributed by atoms with van der Waals surface area (Å²) >= 11 is 0. The van der Waals surface area contributed by atoms with E-state index in [9.17, 15) is 14.4 Å². The molecular weight excluding hydrogens is 515 g/mol. The molecule has 2 aromatic heterocycles. The first-order chi connectivity index (χ1) is 19.1. The second-order valence-electron chi connectivity index (χ2n) is 11.8. The Morgan fingerprint density at radius 1 is 1.20 bits per heavy atom. The highest BCUT2D eigenvalue weighted by Gasteiger charge is 2.38. The zero-order valence-electron chi connectivity index (χ0n) is 23.0. The molecule has 5 heterocycles. The van der Waals surface area contributed by atoms with Crippen LogP contribution < -0.4 is 0 Å². The molecule has 10 nitrogen and oxygen atoms in total. The second kappa shape index (κ2) is 9.87. The van der Waals surface area contributed by atoms with Crippen molar-refractivity contribution in [1.82, 2.24) is 29.1 Å². The number of amides is 2. The zero-order chi connectivity index (χ0) is 28.2. The number of carbonyl (C=O) groups is 3. The Morgan fingerprint density at radius 2 is 1.98 bits per heavy atom. The maximum absolute atomic E-state index is 15.3. The third kappa shape index (κ3) is 4.67. The molecule has 3 aromatic rings. The van der Waals surface area contributed by atoms with E-state index >= 15 is 4.39 Å². The van der Waals surface area contributed by atoms with E-state index in [4.69, 9.17) is 4.74 Å². The predicted octanol–water partition coefficient (Wildman–Crippen LogP) is 4.16. The number of rotatable bonds is 5. The summed E-state index contributed by atoms with van der Waals surface area (Å²) < 4.78 is 24.4. The smallest absolute Gasteiger partial charge is 0.410 e. The number of carbonyl (C=O) groups excluding carboxylic acids is 3. The van der Waals surface area contributed by atoms with Crippen LogP contribution in [0.1, 0.15) is 84.9 Å². The van der Waals surface area contributed by atoms with E-state index in [1.165, 1.54) is 11.0 Å². The highest BCUT2D eigenvalue weighted by atomic mass is 19.1. The van der Waals surface area contributed by atoms with Gasteiger partial charge in [-0.1, -0.05) is 0 Å². The Kier molecular flexibility index (Phi) is 6.47. The van der Waals surface area contributed by atoms with Crippen molar-refractivity contribution in [3.8, 4) is 5.69 Å². The van der Waals surface area contributed by atoms with E-state index in [2.05, 4.69) is 10.1 Å². The van der Waals surface area contributed by atoms with Gasteiger partial charge in [0.25, 0.3) is 5.91 Å². The van der Waals surface area contributed by atoms with E-state index in [0.29, 0.717) is 24.5 Å². The van der Waals surface area contributed by atoms with Gasteiger partial charge in [0.2, 0.25) is 0 Å². The van der Waals surface area contributed by atoms with Gasteiger partial charge in [-0.05, 0) is 70.1 Å². The first-order valence-electron chi connectivity index (χ1n) is 13.8. The van der Waals surface area contributed by atoms with Gasteiger partial charge in [0.1, 0.15) is 23.7 Å². The first-order valence-corrected chi connectivity index (χ1v) is 13.8. The molecule has 0 aliphatic carbocycles. The molecule has 1 atom stereocenters. The van der Waals surface area contributed by atoms with E-state index < -0.39 is 23.4 Å². The molecule has 0 saturated carbocycles. The number of fused-ring (bicyclic) bond motifs is 2. The monoisotopic (exact) mass is 548 g/mol. The molecule has 40 heavy (non-hydrogen) atoms. The van der Waals surface area contributed by atoms with Gasteiger partial charge in [-0.25, -0.2) is 18.9 Å². The number of hydrogen-bond donors (Lipinski definition) is 0. The van der Waals surface area contributed by atoms with E-state index in [-0.39, 0.29) is 29.7 Å². The number of aryl methyl sites for hydroxylation is 1. The van der Waals surface area contributed by atoms with Crippen LogP contribution in [0, 0.1) is 5.82 Å². The minimum absolute atomic E-state index is 0.0105. The Hall–Kier alpha value is -4.02. The lowest BCUT2D eigenvalue weighted by atomic mass is 9.92. The average Bonchev–Trinajstić information content (AvgIpc) is 3.70. The van der Waals surface area contributed by atoms with Crippen LogP contribution in [0.25, 0.3) is 5.69 Å². The summed E-state index contributed by atoms with van der Waals surface area (Å²) in [6, 6.07) is 2.16. The van der Waals surface area contributed by atoms with Crippen molar-refractivity contribution < 1.29 is 23.5 Å². The summed E-state index contributed by atoms with van der Waals surface area (Å²) in [6.07, 6.45) is 9.04. The van der Waals surface area contributed by atoms with Crippen LogP contribution in [0.3, 0.4) is 0 Å². The normalized spacial score (nSPS) is 18.1. The van der Waals surface area contributed by atoms with Gasteiger partial charge in [-0.15, -0.1) is 0 Å². The number of likely N-dealkylation sites (tertiary alicyclic amines) is 1. The van der Waals surface area contributed by atoms with Crippen molar-refractivity contribution >= 4 is 18.3 Å². The van der Waals surface area contributed by atoms with E-state index in [1.54, 1.807) is 28.2 Å². The molecule has 0 bridgehead atoms. The van der Waals surface area contributed by atoms with Gasteiger partial charge in [-0.2, -0.15) is 5.10 Å².